The third-order valence-electron chi connectivity index (χ3n) is 4.17. The predicted molar refractivity (Wildman–Crippen MR) is 87.7 cm³/mol. The van der Waals surface area contributed by atoms with Gasteiger partial charge >= 0.3 is 0 Å². The molecular weight excluding hydrogens is 258 g/mol. The van der Waals surface area contributed by atoms with E-state index in [1.54, 1.807) is 0 Å². The number of anilines is 1. The average Bonchev–Trinajstić information content (AvgIpc) is 2.57. The molecule has 0 saturated carbocycles. The van der Waals surface area contributed by atoms with Crippen molar-refractivity contribution in [1.82, 2.24) is 9.88 Å². The lowest BCUT2D eigenvalue weighted by Crippen LogP contribution is -2.46. The molecule has 1 aliphatic heterocycles. The van der Waals surface area contributed by atoms with Gasteiger partial charge in [0.25, 0.3) is 0 Å². The fourth-order valence-corrected chi connectivity index (χ4v) is 2.92. The molecule has 0 unspecified atom stereocenters. The van der Waals surface area contributed by atoms with Crippen molar-refractivity contribution in [2.75, 3.05) is 37.6 Å². The molecule has 0 radical (unpaired) electrons. The van der Waals surface area contributed by atoms with Crippen LogP contribution in [-0.2, 0) is 6.42 Å². The Kier molecular flexibility index (Phi) is 4.85. The molecule has 3 heteroatoms. The molecule has 1 aromatic heterocycles. The second kappa shape index (κ2) is 7.23. The molecule has 2 aromatic rings. The van der Waals surface area contributed by atoms with E-state index < -0.39 is 0 Å². The Morgan fingerprint density at radius 2 is 1.71 bits per heavy atom. The Balaban J connectivity index is 1.40. The summed E-state index contributed by atoms with van der Waals surface area (Å²) >= 11 is 0. The van der Waals surface area contributed by atoms with Crippen molar-refractivity contribution in [3.8, 4) is 0 Å². The summed E-state index contributed by atoms with van der Waals surface area (Å²) < 4.78 is 0. The van der Waals surface area contributed by atoms with Gasteiger partial charge in [-0.15, -0.1) is 0 Å². The highest BCUT2D eigenvalue weighted by atomic mass is 15.3. The maximum Gasteiger partial charge on any atom is 0.0553 e. The zero-order valence-electron chi connectivity index (χ0n) is 12.5. The van der Waals surface area contributed by atoms with E-state index in [4.69, 9.17) is 0 Å². The van der Waals surface area contributed by atoms with Gasteiger partial charge in [0, 0.05) is 32.4 Å². The Morgan fingerprint density at radius 3 is 2.43 bits per heavy atom. The number of hydrogen-bond acceptors (Lipinski definition) is 3. The first-order valence-corrected chi connectivity index (χ1v) is 7.83. The Morgan fingerprint density at radius 1 is 0.905 bits per heavy atom. The van der Waals surface area contributed by atoms with Crippen molar-refractivity contribution in [2.24, 2.45) is 0 Å². The van der Waals surface area contributed by atoms with Gasteiger partial charge in [-0.2, -0.15) is 0 Å². The topological polar surface area (TPSA) is 19.4 Å². The summed E-state index contributed by atoms with van der Waals surface area (Å²) in [5.41, 5.74) is 2.70. The second-order valence-corrected chi connectivity index (χ2v) is 5.63. The fraction of sp³-hybridized carbons (Fsp3) is 0.389. The van der Waals surface area contributed by atoms with Crippen molar-refractivity contribution in [2.45, 2.75) is 12.8 Å². The van der Waals surface area contributed by atoms with Crippen LogP contribution in [0.3, 0.4) is 0 Å². The normalized spacial score (nSPS) is 16.1. The highest BCUT2D eigenvalue weighted by molar-refractivity contribution is 5.43. The quantitative estimate of drug-likeness (QED) is 0.840. The minimum Gasteiger partial charge on any atom is -0.368 e. The molecule has 0 amide bonds. The standard InChI is InChI=1S/C18H23N3/c1-2-6-17(7-3-1)8-5-11-20-12-14-21(15-13-20)18-9-4-10-19-16-18/h1-4,6-7,9-10,16H,5,8,11-15H2. The predicted octanol–water partition coefficient (Wildman–Crippen LogP) is 2.84. The van der Waals surface area contributed by atoms with E-state index in [2.05, 4.69) is 51.2 Å². The Bertz CT molecular complexity index is 516. The van der Waals surface area contributed by atoms with Crippen LogP contribution in [0.5, 0.6) is 0 Å². The number of aromatic nitrogens is 1. The molecule has 1 aromatic carbocycles. The maximum absolute atomic E-state index is 4.21. The molecule has 0 atom stereocenters. The zero-order chi connectivity index (χ0) is 14.3. The number of aryl methyl sites for hydroxylation is 1. The molecule has 0 aliphatic carbocycles. The van der Waals surface area contributed by atoms with Gasteiger partial charge in [-0.1, -0.05) is 30.3 Å². The fourth-order valence-electron chi connectivity index (χ4n) is 2.92. The van der Waals surface area contributed by atoms with Gasteiger partial charge in [0.15, 0.2) is 0 Å². The van der Waals surface area contributed by atoms with Crippen LogP contribution in [0.15, 0.2) is 54.9 Å². The van der Waals surface area contributed by atoms with Crippen LogP contribution in [-0.4, -0.2) is 42.6 Å². The van der Waals surface area contributed by atoms with Crippen LogP contribution in [0.2, 0.25) is 0 Å². The van der Waals surface area contributed by atoms with E-state index in [0.717, 1.165) is 26.2 Å². The lowest BCUT2D eigenvalue weighted by atomic mass is 10.1. The van der Waals surface area contributed by atoms with Gasteiger partial charge in [-0.25, -0.2) is 0 Å². The van der Waals surface area contributed by atoms with Gasteiger partial charge in [-0.05, 0) is 37.1 Å². The highest BCUT2D eigenvalue weighted by Gasteiger charge is 2.16. The molecular formula is C18H23N3. The van der Waals surface area contributed by atoms with E-state index in [1.165, 1.54) is 30.6 Å². The van der Waals surface area contributed by atoms with Crippen molar-refractivity contribution in [3.63, 3.8) is 0 Å². The maximum atomic E-state index is 4.21. The molecule has 3 nitrogen and oxygen atoms in total. The molecule has 0 N–H and O–H groups in total. The lowest BCUT2D eigenvalue weighted by Gasteiger charge is -2.35. The SMILES string of the molecule is c1ccc(CCCN2CCN(c3cccnc3)CC2)cc1. The summed E-state index contributed by atoms with van der Waals surface area (Å²) in [6, 6.07) is 14.9. The van der Waals surface area contributed by atoms with Crippen LogP contribution in [0.1, 0.15) is 12.0 Å². The summed E-state index contributed by atoms with van der Waals surface area (Å²) in [5.74, 6) is 0. The number of rotatable bonds is 5. The van der Waals surface area contributed by atoms with Crippen LogP contribution in [0.25, 0.3) is 0 Å². The zero-order valence-corrected chi connectivity index (χ0v) is 12.5. The molecule has 2 heterocycles. The molecule has 110 valence electrons. The number of hydrogen-bond donors (Lipinski definition) is 0. The summed E-state index contributed by atoms with van der Waals surface area (Å²) in [6.45, 7) is 5.73. The third-order valence-corrected chi connectivity index (χ3v) is 4.17. The van der Waals surface area contributed by atoms with Crippen molar-refractivity contribution >= 4 is 5.69 Å². The average molecular weight is 281 g/mol. The van der Waals surface area contributed by atoms with E-state index in [0.29, 0.717) is 0 Å². The largest absolute Gasteiger partial charge is 0.368 e. The minimum atomic E-state index is 1.11. The monoisotopic (exact) mass is 281 g/mol. The smallest absolute Gasteiger partial charge is 0.0553 e. The number of pyridine rings is 1. The summed E-state index contributed by atoms with van der Waals surface area (Å²) in [6.07, 6.45) is 6.23. The number of piperazine rings is 1. The highest BCUT2D eigenvalue weighted by Crippen LogP contribution is 2.14. The van der Waals surface area contributed by atoms with Crippen molar-refractivity contribution in [1.29, 1.82) is 0 Å². The van der Waals surface area contributed by atoms with E-state index in [1.807, 2.05) is 18.5 Å². The second-order valence-electron chi connectivity index (χ2n) is 5.63. The summed E-state index contributed by atoms with van der Waals surface area (Å²) in [5, 5.41) is 0. The van der Waals surface area contributed by atoms with E-state index in [-0.39, 0.29) is 0 Å². The molecule has 0 bridgehead atoms. The molecule has 1 saturated heterocycles. The van der Waals surface area contributed by atoms with E-state index in [9.17, 15) is 0 Å². The molecule has 3 rings (SSSR count). The van der Waals surface area contributed by atoms with Gasteiger partial charge in [0.2, 0.25) is 0 Å². The molecule has 0 spiro atoms. The van der Waals surface area contributed by atoms with Gasteiger partial charge in [0.1, 0.15) is 0 Å². The van der Waals surface area contributed by atoms with Crippen LogP contribution in [0, 0.1) is 0 Å². The first-order valence-electron chi connectivity index (χ1n) is 7.83. The van der Waals surface area contributed by atoms with Crippen molar-refractivity contribution in [3.05, 3.63) is 60.4 Å². The van der Waals surface area contributed by atoms with E-state index >= 15 is 0 Å². The Labute approximate surface area is 127 Å². The Hall–Kier alpha value is -1.87. The summed E-state index contributed by atoms with van der Waals surface area (Å²) in [7, 11) is 0. The first-order chi connectivity index (χ1) is 10.4. The lowest BCUT2D eigenvalue weighted by molar-refractivity contribution is 0.255. The van der Waals surface area contributed by atoms with Crippen LogP contribution in [0.4, 0.5) is 5.69 Å². The third kappa shape index (κ3) is 4.05. The first kappa shape index (κ1) is 14.1. The summed E-state index contributed by atoms with van der Waals surface area (Å²) in [4.78, 5) is 9.22. The molecule has 1 aliphatic rings. The van der Waals surface area contributed by atoms with Crippen molar-refractivity contribution < 1.29 is 0 Å². The molecule has 1 fully saturated rings. The van der Waals surface area contributed by atoms with Gasteiger partial charge in [0.05, 0.1) is 11.9 Å². The number of benzene rings is 1. The minimum absolute atomic E-state index is 1.11. The van der Waals surface area contributed by atoms with Crippen LogP contribution >= 0.6 is 0 Å². The molecule has 21 heavy (non-hydrogen) atoms. The van der Waals surface area contributed by atoms with Crippen LogP contribution < -0.4 is 4.90 Å². The van der Waals surface area contributed by atoms with Gasteiger partial charge < -0.3 is 4.90 Å². The number of nitrogens with zero attached hydrogens (tertiary/aromatic N) is 3. The van der Waals surface area contributed by atoms with Gasteiger partial charge in [-0.3, -0.25) is 9.88 Å².